The van der Waals surface area contributed by atoms with Crippen molar-refractivity contribution in [3.63, 3.8) is 0 Å². The summed E-state index contributed by atoms with van der Waals surface area (Å²) in [5, 5.41) is 5.35. The first kappa shape index (κ1) is 13.5. The molecule has 0 spiro atoms. The van der Waals surface area contributed by atoms with Crippen LogP contribution in [0.1, 0.15) is 11.8 Å². The molecule has 0 aromatic carbocycles. The fourth-order valence-electron chi connectivity index (χ4n) is 2.19. The molecule has 1 fully saturated rings. The second kappa shape index (κ2) is 6.87. The van der Waals surface area contributed by atoms with Gasteiger partial charge < -0.3 is 10.1 Å². The highest BCUT2D eigenvalue weighted by Crippen LogP contribution is 2.12. The highest BCUT2D eigenvalue weighted by atomic mass is 32.1. The maximum absolute atomic E-state index is 11.9. The number of carbonyl (C=O) groups excluding carboxylic acids is 1. The van der Waals surface area contributed by atoms with Crippen molar-refractivity contribution in [2.24, 2.45) is 0 Å². The summed E-state index contributed by atoms with van der Waals surface area (Å²) in [6, 6.07) is 4.09. The summed E-state index contributed by atoms with van der Waals surface area (Å²) >= 11 is 1.77. The Morgan fingerprint density at radius 1 is 1.67 bits per heavy atom. The minimum Gasteiger partial charge on any atom is -0.465 e. The molecule has 1 unspecified atom stereocenters. The van der Waals surface area contributed by atoms with Gasteiger partial charge in [0.25, 0.3) is 0 Å². The third kappa shape index (κ3) is 3.54. The Kier molecular flexibility index (Phi) is 5.16. The molecule has 1 aromatic rings. The van der Waals surface area contributed by atoms with Crippen LogP contribution < -0.4 is 5.32 Å². The first-order chi connectivity index (χ1) is 8.81. The first-order valence-corrected chi connectivity index (χ1v) is 7.33. The normalized spacial score (nSPS) is 20.8. The van der Waals surface area contributed by atoms with Crippen molar-refractivity contribution >= 4 is 17.3 Å². The zero-order valence-corrected chi connectivity index (χ0v) is 11.5. The molecule has 1 aliphatic rings. The van der Waals surface area contributed by atoms with Crippen molar-refractivity contribution in [2.75, 3.05) is 32.8 Å². The highest BCUT2D eigenvalue weighted by Gasteiger charge is 2.29. The van der Waals surface area contributed by atoms with Gasteiger partial charge in [0.2, 0.25) is 0 Å². The molecule has 4 nitrogen and oxygen atoms in total. The second-order valence-corrected chi connectivity index (χ2v) is 5.37. The number of esters is 1. The summed E-state index contributed by atoms with van der Waals surface area (Å²) in [4.78, 5) is 15.5. The van der Waals surface area contributed by atoms with E-state index in [1.165, 1.54) is 4.88 Å². The van der Waals surface area contributed by atoms with Crippen molar-refractivity contribution in [3.8, 4) is 0 Å². The van der Waals surface area contributed by atoms with E-state index in [1.54, 1.807) is 11.3 Å². The zero-order valence-electron chi connectivity index (χ0n) is 10.7. The van der Waals surface area contributed by atoms with Gasteiger partial charge in [0.1, 0.15) is 6.04 Å². The smallest absolute Gasteiger partial charge is 0.324 e. The lowest BCUT2D eigenvalue weighted by Crippen LogP contribution is -2.55. The summed E-state index contributed by atoms with van der Waals surface area (Å²) in [7, 11) is 0. The SMILES string of the molecule is CCOC(=O)C1CNCCN1CCc1cccs1. The molecule has 0 amide bonds. The van der Waals surface area contributed by atoms with E-state index < -0.39 is 0 Å². The molecule has 18 heavy (non-hydrogen) atoms. The topological polar surface area (TPSA) is 41.6 Å². The largest absolute Gasteiger partial charge is 0.465 e. The van der Waals surface area contributed by atoms with Crippen LogP contribution in [0.4, 0.5) is 0 Å². The number of piperazine rings is 1. The summed E-state index contributed by atoms with van der Waals surface area (Å²) in [5.41, 5.74) is 0. The summed E-state index contributed by atoms with van der Waals surface area (Å²) < 4.78 is 5.13. The molecular weight excluding hydrogens is 248 g/mol. The molecule has 100 valence electrons. The van der Waals surface area contributed by atoms with Crippen molar-refractivity contribution < 1.29 is 9.53 Å². The van der Waals surface area contributed by atoms with Gasteiger partial charge in [-0.2, -0.15) is 0 Å². The van der Waals surface area contributed by atoms with Gasteiger partial charge in [0.15, 0.2) is 0 Å². The average Bonchev–Trinajstić information content (AvgIpc) is 2.90. The van der Waals surface area contributed by atoms with E-state index in [0.717, 1.165) is 26.1 Å². The standard InChI is InChI=1S/C13H20N2O2S/c1-2-17-13(16)12-10-14-6-8-15(12)7-5-11-4-3-9-18-11/h3-4,9,12,14H,2,5-8,10H2,1H3. The van der Waals surface area contributed by atoms with Gasteiger partial charge in [-0.3, -0.25) is 9.69 Å². The molecule has 1 aromatic heterocycles. The van der Waals surface area contributed by atoms with Gasteiger partial charge in [0, 0.05) is 31.1 Å². The van der Waals surface area contributed by atoms with Crippen molar-refractivity contribution in [2.45, 2.75) is 19.4 Å². The van der Waals surface area contributed by atoms with Gasteiger partial charge in [-0.15, -0.1) is 11.3 Å². The molecule has 0 saturated carbocycles. The number of ether oxygens (including phenoxy) is 1. The van der Waals surface area contributed by atoms with Gasteiger partial charge in [-0.25, -0.2) is 0 Å². The number of nitrogens with one attached hydrogen (secondary N) is 1. The van der Waals surface area contributed by atoms with E-state index in [0.29, 0.717) is 13.2 Å². The van der Waals surface area contributed by atoms with Gasteiger partial charge in [-0.05, 0) is 24.8 Å². The fourth-order valence-corrected chi connectivity index (χ4v) is 2.89. The quantitative estimate of drug-likeness (QED) is 0.813. The minimum absolute atomic E-state index is 0.101. The van der Waals surface area contributed by atoms with Crippen LogP contribution in [0.15, 0.2) is 17.5 Å². The molecule has 1 aliphatic heterocycles. The molecule has 2 heterocycles. The van der Waals surface area contributed by atoms with Gasteiger partial charge in [-0.1, -0.05) is 6.07 Å². The van der Waals surface area contributed by atoms with E-state index in [-0.39, 0.29) is 12.0 Å². The number of hydrogen-bond donors (Lipinski definition) is 1. The molecule has 0 bridgehead atoms. The maximum atomic E-state index is 11.9. The highest BCUT2D eigenvalue weighted by molar-refractivity contribution is 7.09. The van der Waals surface area contributed by atoms with Crippen molar-refractivity contribution in [1.29, 1.82) is 0 Å². The number of hydrogen-bond acceptors (Lipinski definition) is 5. The van der Waals surface area contributed by atoms with Crippen molar-refractivity contribution in [1.82, 2.24) is 10.2 Å². The number of rotatable bonds is 5. The molecule has 1 N–H and O–H groups in total. The summed E-state index contributed by atoms with van der Waals surface area (Å²) in [6.45, 7) is 5.78. The Hall–Kier alpha value is -0.910. The molecule has 1 atom stereocenters. The van der Waals surface area contributed by atoms with E-state index in [2.05, 4.69) is 27.7 Å². The molecule has 1 saturated heterocycles. The average molecular weight is 268 g/mol. The third-order valence-electron chi connectivity index (χ3n) is 3.14. The van der Waals surface area contributed by atoms with Gasteiger partial charge >= 0.3 is 5.97 Å². The Balaban J connectivity index is 1.89. The Morgan fingerprint density at radius 3 is 3.28 bits per heavy atom. The molecule has 0 radical (unpaired) electrons. The van der Waals surface area contributed by atoms with Crippen LogP contribution >= 0.6 is 11.3 Å². The van der Waals surface area contributed by atoms with Crippen LogP contribution in [0.25, 0.3) is 0 Å². The van der Waals surface area contributed by atoms with E-state index in [4.69, 9.17) is 4.74 Å². The number of thiophene rings is 1. The number of nitrogens with zero attached hydrogens (tertiary/aromatic N) is 1. The summed E-state index contributed by atoms with van der Waals surface area (Å²) in [5.74, 6) is -0.101. The Labute approximate surface area is 112 Å². The Morgan fingerprint density at radius 2 is 2.56 bits per heavy atom. The predicted molar refractivity (Wildman–Crippen MR) is 72.9 cm³/mol. The zero-order chi connectivity index (χ0) is 12.8. The van der Waals surface area contributed by atoms with E-state index >= 15 is 0 Å². The first-order valence-electron chi connectivity index (χ1n) is 6.45. The van der Waals surface area contributed by atoms with Crippen LogP contribution in [0, 0.1) is 0 Å². The lowest BCUT2D eigenvalue weighted by molar-refractivity contribution is -0.150. The Bertz CT molecular complexity index is 367. The van der Waals surface area contributed by atoms with Crippen LogP contribution in [-0.4, -0.2) is 49.7 Å². The predicted octanol–water partition coefficient (Wildman–Crippen LogP) is 1.13. The maximum Gasteiger partial charge on any atom is 0.324 e. The molecule has 2 rings (SSSR count). The van der Waals surface area contributed by atoms with Crippen LogP contribution in [-0.2, 0) is 16.0 Å². The molecule has 0 aliphatic carbocycles. The van der Waals surface area contributed by atoms with E-state index in [9.17, 15) is 4.79 Å². The van der Waals surface area contributed by atoms with Gasteiger partial charge in [0.05, 0.1) is 6.61 Å². The van der Waals surface area contributed by atoms with Crippen molar-refractivity contribution in [3.05, 3.63) is 22.4 Å². The molecule has 5 heteroatoms. The lowest BCUT2D eigenvalue weighted by Gasteiger charge is -2.34. The number of carbonyl (C=O) groups is 1. The minimum atomic E-state index is -0.126. The lowest BCUT2D eigenvalue weighted by atomic mass is 10.1. The fraction of sp³-hybridized carbons (Fsp3) is 0.615. The van der Waals surface area contributed by atoms with Crippen LogP contribution in [0.3, 0.4) is 0 Å². The van der Waals surface area contributed by atoms with E-state index in [1.807, 2.05) is 6.92 Å². The monoisotopic (exact) mass is 268 g/mol. The molecular formula is C13H20N2O2S. The third-order valence-corrected chi connectivity index (χ3v) is 4.07. The summed E-state index contributed by atoms with van der Waals surface area (Å²) in [6.07, 6.45) is 1.01. The second-order valence-electron chi connectivity index (χ2n) is 4.34. The van der Waals surface area contributed by atoms with Crippen LogP contribution in [0.2, 0.25) is 0 Å². The van der Waals surface area contributed by atoms with Crippen LogP contribution in [0.5, 0.6) is 0 Å².